The highest BCUT2D eigenvalue weighted by Gasteiger charge is 2.29. The molecule has 2 amide bonds. The van der Waals surface area contributed by atoms with Crippen LogP contribution in [-0.2, 0) is 26.2 Å². The molecule has 0 saturated heterocycles. The van der Waals surface area contributed by atoms with E-state index in [-0.39, 0.29) is 37.2 Å². The van der Waals surface area contributed by atoms with E-state index in [0.717, 1.165) is 16.7 Å². The molecule has 0 saturated carbocycles. The van der Waals surface area contributed by atoms with Crippen molar-refractivity contribution in [3.05, 3.63) is 64.2 Å². The highest BCUT2D eigenvalue weighted by atomic mass is 35.5. The Bertz CT molecular complexity index is 1170. The lowest BCUT2D eigenvalue weighted by molar-refractivity contribution is -0.141. The van der Waals surface area contributed by atoms with Crippen LogP contribution in [0.3, 0.4) is 0 Å². The van der Waals surface area contributed by atoms with Crippen molar-refractivity contribution in [1.29, 1.82) is 0 Å². The molecule has 37 heavy (non-hydrogen) atoms. The number of amides is 2. The molecule has 0 unspecified atom stereocenters. The van der Waals surface area contributed by atoms with Crippen LogP contribution in [0.15, 0.2) is 42.5 Å². The molecule has 0 heterocycles. The standard InChI is InChI=1S/C28H40ClN3O4S/c1-7-26(28(34)30-18-20(2)3)31(19-23-11-13-24(29)14-12-23)27(33)9-8-16-32(37(6,35)36)25-15-10-21(4)22(5)17-25/h10-15,17,20,26H,7-9,16,18-19H2,1-6H3,(H,30,34)/t26-/m0/s1. The van der Waals surface area contributed by atoms with Gasteiger partial charge in [0.05, 0.1) is 11.9 Å². The van der Waals surface area contributed by atoms with Gasteiger partial charge in [-0.1, -0.05) is 50.6 Å². The summed E-state index contributed by atoms with van der Waals surface area (Å²) in [5, 5.41) is 3.54. The minimum Gasteiger partial charge on any atom is -0.354 e. The molecule has 9 heteroatoms. The third-order valence-electron chi connectivity index (χ3n) is 6.27. The van der Waals surface area contributed by atoms with Gasteiger partial charge in [-0.3, -0.25) is 13.9 Å². The molecule has 0 fully saturated rings. The number of carbonyl (C=O) groups excluding carboxylic acids is 2. The minimum absolute atomic E-state index is 0.110. The zero-order chi connectivity index (χ0) is 27.8. The van der Waals surface area contributed by atoms with Gasteiger partial charge in [-0.2, -0.15) is 0 Å². The van der Waals surface area contributed by atoms with Crippen LogP contribution < -0.4 is 9.62 Å². The van der Waals surface area contributed by atoms with E-state index in [0.29, 0.717) is 30.1 Å². The number of anilines is 1. The Balaban J connectivity index is 2.22. The first-order chi connectivity index (χ1) is 17.3. The van der Waals surface area contributed by atoms with Crippen molar-refractivity contribution >= 4 is 39.1 Å². The molecule has 2 aromatic rings. The lowest BCUT2D eigenvalue weighted by Gasteiger charge is -2.31. The average Bonchev–Trinajstić information content (AvgIpc) is 2.82. The second kappa shape index (κ2) is 13.8. The molecular weight excluding hydrogens is 510 g/mol. The number of hydrogen-bond donors (Lipinski definition) is 1. The van der Waals surface area contributed by atoms with Gasteiger partial charge in [-0.25, -0.2) is 8.42 Å². The molecule has 7 nitrogen and oxygen atoms in total. The molecule has 0 aromatic heterocycles. The van der Waals surface area contributed by atoms with Crippen molar-refractivity contribution in [2.24, 2.45) is 5.92 Å². The molecule has 2 rings (SSSR count). The van der Waals surface area contributed by atoms with E-state index in [1.54, 1.807) is 23.1 Å². The second-order valence-electron chi connectivity index (χ2n) is 9.92. The van der Waals surface area contributed by atoms with E-state index in [1.165, 1.54) is 10.6 Å². The van der Waals surface area contributed by atoms with Crippen LogP contribution >= 0.6 is 11.6 Å². The van der Waals surface area contributed by atoms with E-state index in [9.17, 15) is 18.0 Å². The molecule has 1 N–H and O–H groups in total. The molecule has 0 bridgehead atoms. The molecule has 0 radical (unpaired) electrons. The van der Waals surface area contributed by atoms with Crippen molar-refractivity contribution in [3.63, 3.8) is 0 Å². The quantitative estimate of drug-likeness (QED) is 0.377. The third-order valence-corrected chi connectivity index (χ3v) is 7.71. The molecule has 0 aliphatic rings. The van der Waals surface area contributed by atoms with Gasteiger partial charge in [0.1, 0.15) is 6.04 Å². The molecule has 0 aliphatic carbocycles. The smallest absolute Gasteiger partial charge is 0.242 e. The van der Waals surface area contributed by atoms with Gasteiger partial charge in [-0.05, 0) is 73.6 Å². The van der Waals surface area contributed by atoms with Crippen LogP contribution in [0.5, 0.6) is 0 Å². The van der Waals surface area contributed by atoms with Crippen molar-refractivity contribution in [2.45, 2.75) is 66.5 Å². The molecule has 1 atom stereocenters. The Morgan fingerprint density at radius 1 is 1.03 bits per heavy atom. The summed E-state index contributed by atoms with van der Waals surface area (Å²) >= 11 is 6.03. The normalized spacial score (nSPS) is 12.3. The van der Waals surface area contributed by atoms with Crippen LogP contribution in [0.4, 0.5) is 5.69 Å². The SMILES string of the molecule is CC[C@@H](C(=O)NCC(C)C)N(Cc1ccc(Cl)cc1)C(=O)CCCN(c1ccc(C)c(C)c1)S(C)(=O)=O. The maximum Gasteiger partial charge on any atom is 0.242 e. The Morgan fingerprint density at radius 2 is 1.68 bits per heavy atom. The third kappa shape index (κ3) is 9.34. The number of rotatable bonds is 13. The van der Waals surface area contributed by atoms with Gasteiger partial charge in [0.2, 0.25) is 21.8 Å². The van der Waals surface area contributed by atoms with Crippen molar-refractivity contribution in [3.8, 4) is 0 Å². The van der Waals surface area contributed by atoms with E-state index >= 15 is 0 Å². The Hall–Kier alpha value is -2.58. The van der Waals surface area contributed by atoms with Gasteiger partial charge in [0.25, 0.3) is 0 Å². The zero-order valence-electron chi connectivity index (χ0n) is 22.8. The number of carbonyl (C=O) groups is 2. The lowest BCUT2D eigenvalue weighted by Crippen LogP contribution is -2.49. The molecule has 0 aliphatic heterocycles. The number of benzene rings is 2. The number of sulfonamides is 1. The fraction of sp³-hybridized carbons (Fsp3) is 0.500. The maximum absolute atomic E-state index is 13.5. The van der Waals surface area contributed by atoms with Crippen molar-refractivity contribution in [1.82, 2.24) is 10.2 Å². The van der Waals surface area contributed by atoms with Crippen LogP contribution in [-0.4, -0.2) is 50.5 Å². The summed E-state index contributed by atoms with van der Waals surface area (Å²) in [7, 11) is -3.54. The highest BCUT2D eigenvalue weighted by Crippen LogP contribution is 2.22. The van der Waals surface area contributed by atoms with Gasteiger partial charge >= 0.3 is 0 Å². The van der Waals surface area contributed by atoms with Gasteiger partial charge in [0.15, 0.2) is 0 Å². The summed E-state index contributed by atoms with van der Waals surface area (Å²) in [5.74, 6) is -0.101. The van der Waals surface area contributed by atoms with E-state index in [1.807, 2.05) is 58.9 Å². The Kier molecular flexibility index (Phi) is 11.4. The van der Waals surface area contributed by atoms with Crippen molar-refractivity contribution in [2.75, 3.05) is 23.7 Å². The molecule has 2 aromatic carbocycles. The first-order valence-electron chi connectivity index (χ1n) is 12.7. The number of nitrogens with zero attached hydrogens (tertiary/aromatic N) is 2. The summed E-state index contributed by atoms with van der Waals surface area (Å²) < 4.78 is 26.4. The zero-order valence-corrected chi connectivity index (χ0v) is 24.3. The predicted molar refractivity (Wildman–Crippen MR) is 151 cm³/mol. The first kappa shape index (κ1) is 30.6. The van der Waals surface area contributed by atoms with Gasteiger partial charge in [-0.15, -0.1) is 0 Å². The van der Waals surface area contributed by atoms with Crippen LogP contribution in [0.1, 0.15) is 56.7 Å². The molecule has 0 spiro atoms. The average molecular weight is 550 g/mol. The molecule has 204 valence electrons. The van der Waals surface area contributed by atoms with Crippen LogP contribution in [0.25, 0.3) is 0 Å². The topological polar surface area (TPSA) is 86.8 Å². The second-order valence-corrected chi connectivity index (χ2v) is 12.3. The summed E-state index contributed by atoms with van der Waals surface area (Å²) in [5.41, 5.74) is 3.51. The maximum atomic E-state index is 13.5. The highest BCUT2D eigenvalue weighted by molar-refractivity contribution is 7.92. The summed E-state index contributed by atoms with van der Waals surface area (Å²) in [6.45, 7) is 10.8. The summed E-state index contributed by atoms with van der Waals surface area (Å²) in [4.78, 5) is 28.1. The van der Waals surface area contributed by atoms with Gasteiger partial charge in [0, 0.05) is 31.1 Å². The predicted octanol–water partition coefficient (Wildman–Crippen LogP) is 5.08. The van der Waals surface area contributed by atoms with E-state index in [2.05, 4.69) is 5.32 Å². The van der Waals surface area contributed by atoms with E-state index < -0.39 is 16.1 Å². The first-order valence-corrected chi connectivity index (χ1v) is 14.9. The minimum atomic E-state index is -3.54. The fourth-order valence-electron chi connectivity index (χ4n) is 4.01. The Morgan fingerprint density at radius 3 is 2.22 bits per heavy atom. The van der Waals surface area contributed by atoms with Gasteiger partial charge < -0.3 is 10.2 Å². The van der Waals surface area contributed by atoms with Crippen LogP contribution in [0.2, 0.25) is 5.02 Å². The summed E-state index contributed by atoms with van der Waals surface area (Å²) in [6, 6.07) is 12.1. The summed E-state index contributed by atoms with van der Waals surface area (Å²) in [6.07, 6.45) is 2.06. The largest absolute Gasteiger partial charge is 0.354 e. The number of aryl methyl sites for hydroxylation is 2. The monoisotopic (exact) mass is 549 g/mol. The van der Waals surface area contributed by atoms with Crippen molar-refractivity contribution < 1.29 is 18.0 Å². The number of nitrogens with one attached hydrogen (secondary N) is 1. The molecular formula is C28H40ClN3O4S. The fourth-order valence-corrected chi connectivity index (χ4v) is 5.10. The van der Waals surface area contributed by atoms with E-state index in [4.69, 9.17) is 11.6 Å². The number of halogens is 1. The van der Waals surface area contributed by atoms with Crippen LogP contribution in [0, 0.1) is 19.8 Å². The Labute approximate surface area is 227 Å². The lowest BCUT2D eigenvalue weighted by atomic mass is 10.1. The number of hydrogen-bond acceptors (Lipinski definition) is 4.